The maximum absolute atomic E-state index is 13.2. The first-order valence-corrected chi connectivity index (χ1v) is 11.4. The Morgan fingerprint density at radius 2 is 2.00 bits per heavy atom. The Morgan fingerprint density at radius 3 is 2.66 bits per heavy atom. The molecule has 0 fully saturated rings. The second kappa shape index (κ2) is 10.3. The van der Waals surface area contributed by atoms with Gasteiger partial charge in [0.25, 0.3) is 11.5 Å². The van der Waals surface area contributed by atoms with E-state index in [1.807, 2.05) is 26.8 Å². The van der Waals surface area contributed by atoms with Gasteiger partial charge >= 0.3 is 0 Å². The third-order valence-corrected chi connectivity index (χ3v) is 5.44. The third-order valence-electron chi connectivity index (χ3n) is 4.36. The predicted molar refractivity (Wildman–Crippen MR) is 131 cm³/mol. The number of primary amides is 1. The molecular formula is C22H22Br2N4O4. The molecule has 2 N–H and O–H groups in total. The van der Waals surface area contributed by atoms with Gasteiger partial charge in [0.2, 0.25) is 0 Å². The summed E-state index contributed by atoms with van der Waals surface area (Å²) in [6, 6.07) is 8.83. The van der Waals surface area contributed by atoms with Crippen LogP contribution >= 0.6 is 31.9 Å². The number of hydrogen-bond donors (Lipinski definition) is 1. The number of carbonyl (C=O) groups excluding carboxylic acids is 1. The Morgan fingerprint density at radius 1 is 1.25 bits per heavy atom. The molecule has 0 unspecified atom stereocenters. The maximum Gasteiger partial charge on any atom is 0.282 e. The number of rotatable bonds is 8. The van der Waals surface area contributed by atoms with Crippen LogP contribution in [0.4, 0.5) is 0 Å². The largest absolute Gasteiger partial charge is 0.490 e. The van der Waals surface area contributed by atoms with Gasteiger partial charge in [0, 0.05) is 10.4 Å². The topological polar surface area (TPSA) is 109 Å². The van der Waals surface area contributed by atoms with Gasteiger partial charge in [-0.25, -0.2) is 4.98 Å². The van der Waals surface area contributed by atoms with Crippen LogP contribution in [-0.4, -0.2) is 35.0 Å². The highest BCUT2D eigenvalue weighted by Crippen LogP contribution is 2.36. The van der Waals surface area contributed by atoms with Crippen molar-refractivity contribution in [2.75, 3.05) is 13.2 Å². The molecular weight excluding hydrogens is 544 g/mol. The van der Waals surface area contributed by atoms with Crippen LogP contribution in [0.1, 0.15) is 38.1 Å². The molecule has 0 spiro atoms. The molecule has 2 aromatic carbocycles. The van der Waals surface area contributed by atoms with Crippen molar-refractivity contribution in [3.63, 3.8) is 0 Å². The summed E-state index contributed by atoms with van der Waals surface area (Å²) in [6.07, 6.45) is 1.55. The van der Waals surface area contributed by atoms with Gasteiger partial charge in [-0.3, -0.25) is 9.59 Å². The van der Waals surface area contributed by atoms with Crippen LogP contribution in [-0.2, 0) is 4.79 Å². The van der Waals surface area contributed by atoms with E-state index < -0.39 is 5.91 Å². The number of nitrogens with two attached hydrogens (primary N) is 1. The van der Waals surface area contributed by atoms with Gasteiger partial charge in [-0.15, -0.1) is 0 Å². The highest BCUT2D eigenvalue weighted by molar-refractivity contribution is 9.10. The third kappa shape index (κ3) is 5.36. The number of fused-ring (bicyclic) bond motifs is 1. The quantitative estimate of drug-likeness (QED) is 0.412. The van der Waals surface area contributed by atoms with E-state index in [0.717, 1.165) is 4.47 Å². The molecule has 0 bridgehead atoms. The van der Waals surface area contributed by atoms with E-state index in [4.69, 9.17) is 15.2 Å². The number of carbonyl (C=O) groups is 1. The summed E-state index contributed by atoms with van der Waals surface area (Å²) in [7, 11) is 0. The van der Waals surface area contributed by atoms with E-state index >= 15 is 0 Å². The van der Waals surface area contributed by atoms with Crippen LogP contribution in [0.15, 0.2) is 49.2 Å². The first-order valence-electron chi connectivity index (χ1n) is 9.85. The van der Waals surface area contributed by atoms with Gasteiger partial charge in [-0.2, -0.15) is 9.78 Å². The lowest BCUT2D eigenvalue weighted by molar-refractivity contribution is -0.119. The molecule has 10 heteroatoms. The first kappa shape index (κ1) is 23.9. The summed E-state index contributed by atoms with van der Waals surface area (Å²) in [6.45, 7) is 5.85. The number of aromatic nitrogens is 2. The fraction of sp³-hybridized carbons (Fsp3) is 0.273. The van der Waals surface area contributed by atoms with Crippen molar-refractivity contribution in [1.82, 2.24) is 9.66 Å². The van der Waals surface area contributed by atoms with Crippen molar-refractivity contribution in [1.29, 1.82) is 0 Å². The lowest BCUT2D eigenvalue weighted by atomic mass is 10.2. The summed E-state index contributed by atoms with van der Waals surface area (Å²) >= 11 is 6.83. The molecule has 1 aromatic heterocycles. The molecule has 0 aliphatic rings. The highest BCUT2D eigenvalue weighted by Gasteiger charge is 2.15. The van der Waals surface area contributed by atoms with Crippen molar-refractivity contribution >= 4 is 54.9 Å². The average Bonchev–Trinajstić information content (AvgIpc) is 2.72. The van der Waals surface area contributed by atoms with Crippen molar-refractivity contribution < 1.29 is 14.3 Å². The zero-order valence-corrected chi connectivity index (χ0v) is 20.9. The van der Waals surface area contributed by atoms with Gasteiger partial charge in [-0.05, 0) is 58.7 Å². The van der Waals surface area contributed by atoms with Crippen LogP contribution in [0.2, 0.25) is 0 Å². The first-order chi connectivity index (χ1) is 15.2. The molecule has 1 heterocycles. The molecule has 0 aliphatic carbocycles. The minimum Gasteiger partial charge on any atom is -0.490 e. The molecule has 0 aliphatic heterocycles. The summed E-state index contributed by atoms with van der Waals surface area (Å²) < 4.78 is 13.8. The molecule has 3 rings (SSSR count). The molecule has 32 heavy (non-hydrogen) atoms. The van der Waals surface area contributed by atoms with Crippen LogP contribution < -0.4 is 20.8 Å². The van der Waals surface area contributed by atoms with E-state index in [1.54, 1.807) is 30.5 Å². The summed E-state index contributed by atoms with van der Waals surface area (Å²) in [5, 5.41) is 4.90. The van der Waals surface area contributed by atoms with Gasteiger partial charge in [0.1, 0.15) is 5.82 Å². The summed E-state index contributed by atoms with van der Waals surface area (Å²) in [4.78, 5) is 28.9. The number of nitrogens with zero attached hydrogens (tertiary/aromatic N) is 3. The van der Waals surface area contributed by atoms with Crippen LogP contribution in [0, 0.1) is 0 Å². The summed E-state index contributed by atoms with van der Waals surface area (Å²) in [5.74, 6) is 0.706. The predicted octanol–water partition coefficient (Wildman–Crippen LogP) is 4.19. The number of halogens is 2. The van der Waals surface area contributed by atoms with Gasteiger partial charge in [0.15, 0.2) is 18.1 Å². The van der Waals surface area contributed by atoms with Crippen molar-refractivity contribution in [3.8, 4) is 11.5 Å². The zero-order valence-electron chi connectivity index (χ0n) is 17.8. The van der Waals surface area contributed by atoms with Gasteiger partial charge < -0.3 is 15.2 Å². The van der Waals surface area contributed by atoms with Crippen molar-refractivity contribution in [2.24, 2.45) is 10.8 Å². The molecule has 0 saturated carbocycles. The van der Waals surface area contributed by atoms with Crippen LogP contribution in [0.3, 0.4) is 0 Å². The standard InChI is InChI=1S/C22H22Br2N4O4/c1-4-31-18-8-13(7-16(24)20(18)32-11-19(25)29)10-26-28-21(12(2)3)27-17-6-5-14(23)9-15(17)22(28)30/h5-10,12H,4,11H2,1-3H3,(H2,25,29). The SMILES string of the molecule is CCOc1cc(C=Nn2c(C(C)C)nc3ccc(Br)cc3c2=O)cc(Br)c1OCC(N)=O. The number of hydrogen-bond acceptors (Lipinski definition) is 6. The monoisotopic (exact) mass is 564 g/mol. The van der Waals surface area contributed by atoms with E-state index in [0.29, 0.717) is 44.9 Å². The Kier molecular flexibility index (Phi) is 7.68. The van der Waals surface area contributed by atoms with Crippen LogP contribution in [0.25, 0.3) is 10.9 Å². The molecule has 3 aromatic rings. The van der Waals surface area contributed by atoms with Crippen LogP contribution in [0.5, 0.6) is 11.5 Å². The van der Waals surface area contributed by atoms with E-state index in [9.17, 15) is 9.59 Å². The number of benzene rings is 2. The normalized spacial score (nSPS) is 11.4. The number of ether oxygens (including phenoxy) is 2. The van der Waals surface area contributed by atoms with Crippen molar-refractivity contribution in [2.45, 2.75) is 26.7 Å². The zero-order chi connectivity index (χ0) is 23.4. The van der Waals surface area contributed by atoms with E-state index in [1.165, 1.54) is 4.68 Å². The second-order valence-electron chi connectivity index (χ2n) is 7.17. The second-order valence-corrected chi connectivity index (χ2v) is 8.94. The van der Waals surface area contributed by atoms with E-state index in [-0.39, 0.29) is 18.1 Å². The molecule has 0 radical (unpaired) electrons. The Balaban J connectivity index is 2.08. The molecule has 0 atom stereocenters. The molecule has 1 amide bonds. The van der Waals surface area contributed by atoms with E-state index in [2.05, 4.69) is 41.9 Å². The number of amides is 1. The lowest BCUT2D eigenvalue weighted by Crippen LogP contribution is -2.23. The Bertz CT molecular complexity index is 1250. The van der Waals surface area contributed by atoms with Crippen molar-refractivity contribution in [3.05, 3.63) is 61.0 Å². The smallest absolute Gasteiger partial charge is 0.282 e. The molecule has 168 valence electrons. The summed E-state index contributed by atoms with van der Waals surface area (Å²) in [5.41, 5.74) is 6.18. The lowest BCUT2D eigenvalue weighted by Gasteiger charge is -2.14. The highest BCUT2D eigenvalue weighted by atomic mass is 79.9. The van der Waals surface area contributed by atoms with Gasteiger partial charge in [0.05, 0.1) is 28.2 Å². The molecule has 0 saturated heterocycles. The maximum atomic E-state index is 13.2. The Hall–Kier alpha value is -2.72. The Labute approximate surface area is 201 Å². The fourth-order valence-corrected chi connectivity index (χ4v) is 3.92. The van der Waals surface area contributed by atoms with Gasteiger partial charge in [-0.1, -0.05) is 29.8 Å². The minimum atomic E-state index is -0.596. The molecule has 8 nitrogen and oxygen atoms in total. The minimum absolute atomic E-state index is 0.0248. The fourth-order valence-electron chi connectivity index (χ4n) is 2.98. The average molecular weight is 566 g/mol.